The van der Waals surface area contributed by atoms with Crippen LogP contribution in [0.1, 0.15) is 131 Å². The van der Waals surface area contributed by atoms with E-state index in [0.29, 0.717) is 62.5 Å². The Kier molecular flexibility index (Phi) is 21.0. The van der Waals surface area contributed by atoms with Gasteiger partial charge in [-0.2, -0.15) is 0 Å². The molecule has 5 heterocycles. The molecule has 5 saturated heterocycles. The number of hydrogen-bond donors (Lipinski definition) is 7. The third kappa shape index (κ3) is 14.9. The number of hydrogen-bond acceptors (Lipinski definition) is 11. The van der Waals surface area contributed by atoms with Crippen molar-refractivity contribution < 1.29 is 53.1 Å². The molecule has 5 aliphatic heterocycles. The molecule has 11 atom stereocenters. The van der Waals surface area contributed by atoms with Crippen LogP contribution in [0.4, 0.5) is 0 Å². The average Bonchev–Trinajstić information content (AvgIpc) is 4.37. The predicted octanol–water partition coefficient (Wildman–Crippen LogP) is 2.47. The first-order valence-electron chi connectivity index (χ1n) is 29.4. The molecule has 0 radical (unpaired) electrons. The zero-order valence-electron chi connectivity index (χ0n) is 48.4. The zero-order chi connectivity index (χ0) is 58.8. The first-order chi connectivity index (χ1) is 38.6. The number of amides is 10. The minimum atomic E-state index is -1.27. The van der Waals surface area contributed by atoms with Crippen molar-refractivity contribution in [1.29, 1.82) is 0 Å². The Hall–Kier alpha value is -7.06. The zero-order valence-corrected chi connectivity index (χ0v) is 48.4. The van der Waals surface area contributed by atoms with Crippen molar-refractivity contribution in [2.45, 2.75) is 193 Å². The summed E-state index contributed by atoms with van der Waals surface area (Å²) < 4.78 is 0. The van der Waals surface area contributed by atoms with Crippen molar-refractivity contribution in [3.63, 3.8) is 0 Å². The number of phenols is 1. The molecule has 5 fully saturated rings. The minimum absolute atomic E-state index is 0.00823. The average molecular weight is 1120 g/mol. The van der Waals surface area contributed by atoms with Crippen LogP contribution in [-0.2, 0) is 60.8 Å². The van der Waals surface area contributed by atoms with Crippen LogP contribution >= 0.6 is 0 Å². The van der Waals surface area contributed by atoms with Gasteiger partial charge >= 0.3 is 0 Å². The summed E-state index contributed by atoms with van der Waals surface area (Å²) in [5, 5.41) is 27.5. The SMILES string of the molecule is CC[C@H](C)[C@@H]1NC(=O)[C@H]2CCCN2C(=O)[C@H]2CCCN2C(=O)[C@@H](C(C)C)NC(=O)[C@@H](Cc2ccc(O)cc2)NC(=O)[C@@H]2CCCN2C(=O)[C@@H]2CCCN2C(=O)[C@@H](CC(C)C)NC(=O)[C@@H](C(C)C)NC(=O)[C@@H](Cc2ccccc2)NC1=O. The lowest BCUT2D eigenvalue weighted by molar-refractivity contribution is -0.149. The molecule has 10 amide bonds. The topological polar surface area (TPSA) is 276 Å². The second-order valence-corrected chi connectivity index (χ2v) is 24.0. The summed E-state index contributed by atoms with van der Waals surface area (Å²) >= 11 is 0. The van der Waals surface area contributed by atoms with Gasteiger partial charge in [-0.1, -0.05) is 104 Å². The van der Waals surface area contributed by atoms with Gasteiger partial charge in [0.15, 0.2) is 0 Å². The van der Waals surface area contributed by atoms with Crippen molar-refractivity contribution in [2.24, 2.45) is 23.7 Å². The highest BCUT2D eigenvalue weighted by Gasteiger charge is 2.48. The molecule has 442 valence electrons. The van der Waals surface area contributed by atoms with Crippen LogP contribution in [0.5, 0.6) is 5.75 Å². The highest BCUT2D eigenvalue weighted by atomic mass is 16.3. The standard InChI is InChI=1S/C60H86N10O11/c1-9-37(8)50-56(77)62-42(32-38-17-11-10-12-18-38)51(72)64-48(35(4)5)55(76)63-43(31-34(2)3)57(78)69-29-15-21-46(69)58(79)67-27-13-19-44(67)53(74)61-41(33-39-23-25-40(71)26-24-39)52(73)65-49(36(6)7)60(81)70-30-16-22-47(70)59(80)68-28-14-20-45(68)54(75)66-50/h10-12,17-18,23-26,34-37,41-50,71H,9,13-16,19-22,27-33H2,1-8H3,(H,61,74)(H,62,77)(H,63,76)(H,64,72)(H,65,73)(H,66,75)/t37-,41+,42+,43+,44-,45+,46-,47+,48+,49+,50-/m0/s1. The lowest BCUT2D eigenvalue weighted by Crippen LogP contribution is -2.62. The Morgan fingerprint density at radius 2 is 0.827 bits per heavy atom. The third-order valence-electron chi connectivity index (χ3n) is 16.8. The van der Waals surface area contributed by atoms with Crippen molar-refractivity contribution in [3.05, 3.63) is 65.7 Å². The van der Waals surface area contributed by atoms with Gasteiger partial charge in [0.1, 0.15) is 66.2 Å². The lowest BCUT2D eigenvalue weighted by Gasteiger charge is -2.35. The lowest BCUT2D eigenvalue weighted by atomic mass is 9.96. The molecule has 0 spiro atoms. The number of aromatic hydroxyl groups is 1. The first kappa shape index (κ1) is 61.6. The first-order valence-corrected chi connectivity index (χ1v) is 29.4. The van der Waals surface area contributed by atoms with Gasteiger partial charge in [0.2, 0.25) is 59.1 Å². The van der Waals surface area contributed by atoms with Gasteiger partial charge in [-0.25, -0.2) is 0 Å². The predicted molar refractivity (Wildman–Crippen MR) is 301 cm³/mol. The fraction of sp³-hybridized carbons (Fsp3) is 0.633. The molecule has 5 aliphatic rings. The number of nitrogens with one attached hydrogen (secondary N) is 6. The van der Waals surface area contributed by atoms with Crippen molar-refractivity contribution in [3.8, 4) is 5.75 Å². The molecule has 0 saturated carbocycles. The highest BCUT2D eigenvalue weighted by Crippen LogP contribution is 2.29. The van der Waals surface area contributed by atoms with E-state index in [-0.39, 0.29) is 63.5 Å². The monoisotopic (exact) mass is 1120 g/mol. The van der Waals surface area contributed by atoms with Crippen LogP contribution in [0.25, 0.3) is 0 Å². The van der Waals surface area contributed by atoms with Gasteiger partial charge < -0.3 is 56.6 Å². The van der Waals surface area contributed by atoms with Gasteiger partial charge in [-0.3, -0.25) is 47.9 Å². The van der Waals surface area contributed by atoms with E-state index < -0.39 is 137 Å². The van der Waals surface area contributed by atoms with Crippen LogP contribution in [0.15, 0.2) is 54.6 Å². The van der Waals surface area contributed by atoms with Crippen LogP contribution in [0.3, 0.4) is 0 Å². The van der Waals surface area contributed by atoms with Crippen molar-refractivity contribution in [1.82, 2.24) is 51.5 Å². The summed E-state index contributed by atoms with van der Waals surface area (Å²) in [6.45, 7) is 15.3. The maximum absolute atomic E-state index is 14.8. The maximum Gasteiger partial charge on any atom is 0.246 e. The van der Waals surface area contributed by atoms with Gasteiger partial charge in [0, 0.05) is 39.0 Å². The van der Waals surface area contributed by atoms with E-state index in [9.17, 15) is 53.1 Å². The van der Waals surface area contributed by atoms with Crippen LogP contribution in [0, 0.1) is 23.7 Å². The van der Waals surface area contributed by atoms with E-state index in [4.69, 9.17) is 0 Å². The Morgan fingerprint density at radius 1 is 0.432 bits per heavy atom. The summed E-state index contributed by atoms with van der Waals surface area (Å²) in [5.41, 5.74) is 1.29. The minimum Gasteiger partial charge on any atom is -0.508 e. The number of benzene rings is 2. The molecule has 21 nitrogen and oxygen atoms in total. The van der Waals surface area contributed by atoms with Gasteiger partial charge in [0.25, 0.3) is 0 Å². The second kappa shape index (κ2) is 27.6. The van der Waals surface area contributed by atoms with Crippen LogP contribution < -0.4 is 31.9 Å². The molecule has 2 aromatic rings. The Labute approximate surface area is 476 Å². The largest absolute Gasteiger partial charge is 0.508 e. The Morgan fingerprint density at radius 3 is 1.31 bits per heavy atom. The van der Waals surface area contributed by atoms with Crippen molar-refractivity contribution >= 4 is 59.1 Å². The Balaban J connectivity index is 1.25. The molecular weight excluding hydrogens is 1040 g/mol. The summed E-state index contributed by atoms with van der Waals surface area (Å²) in [5.74, 6) is -7.25. The Bertz CT molecular complexity index is 2610. The summed E-state index contributed by atoms with van der Waals surface area (Å²) in [4.78, 5) is 153. The second-order valence-electron chi connectivity index (χ2n) is 24.0. The number of nitrogens with zero attached hydrogens (tertiary/aromatic N) is 4. The summed E-state index contributed by atoms with van der Waals surface area (Å²) in [6, 6.07) is 4.13. The molecule has 0 unspecified atom stereocenters. The molecular formula is C60H86N10O11. The summed E-state index contributed by atoms with van der Waals surface area (Å²) in [6.07, 6.45) is 3.68. The molecule has 7 N–H and O–H groups in total. The van der Waals surface area contributed by atoms with Crippen LogP contribution in [0.2, 0.25) is 0 Å². The number of phenolic OH excluding ortho intramolecular Hbond substituents is 1. The number of rotatable bonds is 10. The molecule has 21 heteroatoms. The third-order valence-corrected chi connectivity index (χ3v) is 16.8. The smallest absolute Gasteiger partial charge is 0.246 e. The highest BCUT2D eigenvalue weighted by molar-refractivity contribution is 6.00. The fourth-order valence-corrected chi connectivity index (χ4v) is 12.1. The van der Waals surface area contributed by atoms with E-state index >= 15 is 0 Å². The van der Waals surface area contributed by atoms with Crippen LogP contribution in [-0.4, -0.2) is 170 Å². The number of fused-ring (bicyclic) bond motifs is 4. The number of carbonyl (C=O) groups excluding carboxylic acids is 10. The quantitative estimate of drug-likeness (QED) is 0.182. The molecule has 0 aliphatic carbocycles. The van der Waals surface area contributed by atoms with Gasteiger partial charge in [-0.15, -0.1) is 0 Å². The van der Waals surface area contributed by atoms with E-state index in [1.54, 1.807) is 71.0 Å². The molecule has 0 bridgehead atoms. The van der Waals surface area contributed by atoms with E-state index in [2.05, 4.69) is 31.9 Å². The van der Waals surface area contributed by atoms with Gasteiger partial charge in [0.05, 0.1) is 0 Å². The molecule has 2 aromatic carbocycles. The molecule has 81 heavy (non-hydrogen) atoms. The summed E-state index contributed by atoms with van der Waals surface area (Å²) in [7, 11) is 0. The fourth-order valence-electron chi connectivity index (χ4n) is 12.1. The van der Waals surface area contributed by atoms with Crippen molar-refractivity contribution in [2.75, 3.05) is 26.2 Å². The normalized spacial score (nSPS) is 28.7. The van der Waals surface area contributed by atoms with E-state index in [1.807, 2.05) is 26.8 Å². The van der Waals surface area contributed by atoms with Gasteiger partial charge in [-0.05, 0) is 105 Å². The molecule has 0 aromatic heterocycles. The van der Waals surface area contributed by atoms with E-state index in [0.717, 1.165) is 0 Å². The molecule has 7 rings (SSSR count). The van der Waals surface area contributed by atoms with E-state index in [1.165, 1.54) is 31.7 Å². The number of carbonyl (C=O) groups is 10. The maximum atomic E-state index is 14.8.